The Labute approximate surface area is 112 Å². The van der Waals surface area contributed by atoms with Gasteiger partial charge < -0.3 is 14.5 Å². The molecule has 0 radical (unpaired) electrons. The molecule has 2 rings (SSSR count). The van der Waals surface area contributed by atoms with Gasteiger partial charge in [-0.3, -0.25) is 0 Å². The van der Waals surface area contributed by atoms with Crippen LogP contribution in [0, 0.1) is 0 Å². The van der Waals surface area contributed by atoms with Crippen LogP contribution in [-0.4, -0.2) is 20.3 Å². The molecule has 0 aliphatic carbocycles. The zero-order valence-corrected chi connectivity index (χ0v) is 11.5. The summed E-state index contributed by atoms with van der Waals surface area (Å²) in [4.78, 5) is 0. The first kappa shape index (κ1) is 13.4. The molecule has 18 heavy (non-hydrogen) atoms. The smallest absolute Gasteiger partial charge is 0.134 e. The summed E-state index contributed by atoms with van der Waals surface area (Å²) >= 11 is 5.97. The van der Waals surface area contributed by atoms with Gasteiger partial charge in [0.05, 0.1) is 6.04 Å². The maximum absolute atomic E-state index is 5.97. The molecule has 1 aromatic carbocycles. The van der Waals surface area contributed by atoms with E-state index in [0.29, 0.717) is 0 Å². The topological polar surface area (TPSA) is 34.4 Å². The molecule has 0 spiro atoms. The van der Waals surface area contributed by atoms with E-state index in [0.717, 1.165) is 41.4 Å². The second kappa shape index (κ2) is 6.23. The lowest BCUT2D eigenvalue weighted by molar-refractivity contribution is 0.135. The number of benzene rings is 1. The predicted molar refractivity (Wildman–Crippen MR) is 74.1 cm³/mol. The van der Waals surface area contributed by atoms with Gasteiger partial charge in [0.25, 0.3) is 0 Å². The second-order valence-corrected chi connectivity index (χ2v) is 4.59. The summed E-state index contributed by atoms with van der Waals surface area (Å²) in [6, 6.07) is 7.86. The van der Waals surface area contributed by atoms with Gasteiger partial charge in [-0.1, -0.05) is 11.6 Å². The van der Waals surface area contributed by atoms with Gasteiger partial charge in [-0.25, -0.2) is 0 Å². The lowest BCUT2D eigenvalue weighted by Crippen LogP contribution is -2.17. The van der Waals surface area contributed by atoms with E-state index >= 15 is 0 Å². The molecule has 98 valence electrons. The molecule has 1 N–H and O–H groups in total. The van der Waals surface area contributed by atoms with E-state index in [9.17, 15) is 0 Å². The molecule has 0 amide bonds. The zero-order valence-electron chi connectivity index (χ0n) is 10.7. The van der Waals surface area contributed by atoms with Crippen molar-refractivity contribution in [3.8, 4) is 0 Å². The first-order valence-corrected chi connectivity index (χ1v) is 6.56. The number of rotatable bonds is 6. The van der Waals surface area contributed by atoms with Gasteiger partial charge in [-0.05, 0) is 44.7 Å². The maximum atomic E-state index is 5.97. The Balaban J connectivity index is 2.17. The van der Waals surface area contributed by atoms with Gasteiger partial charge in [-0.2, -0.15) is 0 Å². The van der Waals surface area contributed by atoms with E-state index in [2.05, 4.69) is 5.32 Å². The Bertz CT molecular complexity index is 509. The van der Waals surface area contributed by atoms with Gasteiger partial charge in [0.2, 0.25) is 0 Å². The number of hydrogen-bond acceptors (Lipinski definition) is 3. The Hall–Kier alpha value is -1.03. The fourth-order valence-corrected chi connectivity index (χ4v) is 2.16. The molecule has 1 unspecified atom stereocenters. The summed E-state index contributed by atoms with van der Waals surface area (Å²) in [5.41, 5.74) is 0.867. The van der Waals surface area contributed by atoms with E-state index in [4.69, 9.17) is 20.8 Å². The molecule has 2 aromatic rings. The largest absolute Gasteiger partial charge is 0.459 e. The first-order valence-electron chi connectivity index (χ1n) is 6.18. The quantitative estimate of drug-likeness (QED) is 0.809. The summed E-state index contributed by atoms with van der Waals surface area (Å²) in [5.74, 6) is 0.925. The third-order valence-corrected chi connectivity index (χ3v) is 3.18. The number of halogens is 1. The maximum Gasteiger partial charge on any atom is 0.134 e. The minimum Gasteiger partial charge on any atom is -0.459 e. The summed E-state index contributed by atoms with van der Waals surface area (Å²) < 4.78 is 11.2. The Morgan fingerprint density at radius 3 is 2.94 bits per heavy atom. The van der Waals surface area contributed by atoms with Gasteiger partial charge in [0.15, 0.2) is 0 Å². The van der Waals surface area contributed by atoms with Crippen LogP contribution in [0.15, 0.2) is 28.7 Å². The van der Waals surface area contributed by atoms with Crippen molar-refractivity contribution in [3.63, 3.8) is 0 Å². The fourth-order valence-electron chi connectivity index (χ4n) is 1.98. The molecule has 0 fully saturated rings. The van der Waals surface area contributed by atoms with E-state index in [1.165, 1.54) is 0 Å². The van der Waals surface area contributed by atoms with Gasteiger partial charge in [0.1, 0.15) is 11.3 Å². The molecule has 1 aromatic heterocycles. The third kappa shape index (κ3) is 3.05. The number of furan rings is 1. The number of hydrogen-bond donors (Lipinski definition) is 1. The highest BCUT2D eigenvalue weighted by Crippen LogP contribution is 2.27. The molecule has 3 nitrogen and oxygen atoms in total. The van der Waals surface area contributed by atoms with Crippen LogP contribution in [0.4, 0.5) is 0 Å². The van der Waals surface area contributed by atoms with Crippen molar-refractivity contribution in [2.75, 3.05) is 20.3 Å². The van der Waals surface area contributed by atoms with E-state index < -0.39 is 0 Å². The second-order valence-electron chi connectivity index (χ2n) is 4.16. The normalized spacial score (nSPS) is 13.1. The first-order chi connectivity index (χ1) is 8.74. The van der Waals surface area contributed by atoms with Gasteiger partial charge >= 0.3 is 0 Å². The SMILES string of the molecule is CCOCCC(NC)c1cc2cc(Cl)ccc2o1. The van der Waals surface area contributed by atoms with Crippen molar-refractivity contribution < 1.29 is 9.15 Å². The Morgan fingerprint density at radius 2 is 2.22 bits per heavy atom. The highest BCUT2D eigenvalue weighted by molar-refractivity contribution is 6.31. The predicted octanol–water partition coefficient (Wildman–Crippen LogP) is 3.77. The monoisotopic (exact) mass is 267 g/mol. The van der Waals surface area contributed by atoms with Crippen LogP contribution < -0.4 is 5.32 Å². The average Bonchev–Trinajstić information content (AvgIpc) is 2.77. The fraction of sp³-hybridized carbons (Fsp3) is 0.429. The van der Waals surface area contributed by atoms with Crippen LogP contribution in [0.2, 0.25) is 5.02 Å². The van der Waals surface area contributed by atoms with Crippen LogP contribution in [-0.2, 0) is 4.74 Å². The number of nitrogens with one attached hydrogen (secondary N) is 1. The van der Waals surface area contributed by atoms with Crippen molar-refractivity contribution in [1.82, 2.24) is 5.32 Å². The standard InChI is InChI=1S/C14H18ClNO2/c1-3-17-7-6-12(16-2)14-9-10-8-11(15)4-5-13(10)18-14/h4-5,8-9,12,16H,3,6-7H2,1-2H3. The molecular formula is C14H18ClNO2. The molecule has 0 bridgehead atoms. The highest BCUT2D eigenvalue weighted by atomic mass is 35.5. The Kier molecular flexibility index (Phi) is 4.64. The molecule has 0 aliphatic rings. The van der Waals surface area contributed by atoms with Crippen LogP contribution >= 0.6 is 11.6 Å². The molecule has 0 aliphatic heterocycles. The molecule has 0 saturated carbocycles. The Morgan fingerprint density at radius 1 is 1.39 bits per heavy atom. The van der Waals surface area contributed by atoms with E-state index in [1.54, 1.807) is 0 Å². The minimum absolute atomic E-state index is 0.169. The van der Waals surface area contributed by atoms with Crippen LogP contribution in [0.3, 0.4) is 0 Å². The van der Waals surface area contributed by atoms with Crippen molar-refractivity contribution >= 4 is 22.6 Å². The lowest BCUT2D eigenvalue weighted by atomic mass is 10.1. The van der Waals surface area contributed by atoms with Gasteiger partial charge in [0, 0.05) is 23.6 Å². The molecule has 1 atom stereocenters. The van der Waals surface area contributed by atoms with Crippen molar-refractivity contribution in [3.05, 3.63) is 35.0 Å². The third-order valence-electron chi connectivity index (χ3n) is 2.94. The van der Waals surface area contributed by atoms with Crippen LogP contribution in [0.25, 0.3) is 11.0 Å². The lowest BCUT2D eigenvalue weighted by Gasteiger charge is -2.12. The molecular weight excluding hydrogens is 250 g/mol. The van der Waals surface area contributed by atoms with E-state index in [1.807, 2.05) is 38.2 Å². The summed E-state index contributed by atoms with van der Waals surface area (Å²) in [5, 5.41) is 5.01. The molecule has 4 heteroatoms. The number of fused-ring (bicyclic) bond motifs is 1. The number of ether oxygens (including phenoxy) is 1. The van der Waals surface area contributed by atoms with Crippen molar-refractivity contribution in [2.24, 2.45) is 0 Å². The zero-order chi connectivity index (χ0) is 13.0. The molecule has 1 heterocycles. The summed E-state index contributed by atoms with van der Waals surface area (Å²) in [6.07, 6.45) is 0.887. The van der Waals surface area contributed by atoms with Crippen LogP contribution in [0.5, 0.6) is 0 Å². The summed E-state index contributed by atoms with van der Waals surface area (Å²) in [6.45, 7) is 3.46. The molecule has 0 saturated heterocycles. The van der Waals surface area contributed by atoms with Crippen molar-refractivity contribution in [2.45, 2.75) is 19.4 Å². The van der Waals surface area contributed by atoms with Gasteiger partial charge in [-0.15, -0.1) is 0 Å². The average molecular weight is 268 g/mol. The highest BCUT2D eigenvalue weighted by Gasteiger charge is 2.14. The summed E-state index contributed by atoms with van der Waals surface area (Å²) in [7, 11) is 1.93. The van der Waals surface area contributed by atoms with Crippen LogP contribution in [0.1, 0.15) is 25.1 Å². The van der Waals surface area contributed by atoms with Crippen molar-refractivity contribution in [1.29, 1.82) is 0 Å². The van der Waals surface area contributed by atoms with E-state index in [-0.39, 0.29) is 6.04 Å². The minimum atomic E-state index is 0.169.